The van der Waals surface area contributed by atoms with Gasteiger partial charge in [-0.15, -0.1) is 0 Å². The van der Waals surface area contributed by atoms with Crippen molar-refractivity contribution >= 4 is 16.5 Å². The van der Waals surface area contributed by atoms with Gasteiger partial charge >= 0.3 is 0 Å². The first-order chi connectivity index (χ1) is 6.65. The van der Waals surface area contributed by atoms with Crippen LogP contribution in [0.4, 0.5) is 5.13 Å². The van der Waals surface area contributed by atoms with Gasteiger partial charge in [0.25, 0.3) is 0 Å². The highest BCUT2D eigenvalue weighted by Crippen LogP contribution is 2.25. The lowest BCUT2D eigenvalue weighted by Crippen LogP contribution is -2.21. The number of rotatable bonds is 5. The van der Waals surface area contributed by atoms with Crippen molar-refractivity contribution in [3.05, 3.63) is 11.1 Å². The van der Waals surface area contributed by atoms with Gasteiger partial charge in [-0.2, -0.15) is 0 Å². The zero-order chi connectivity index (χ0) is 10.6. The number of anilines is 1. The second-order valence-electron chi connectivity index (χ2n) is 3.14. The number of hydrogen-bond acceptors (Lipinski definition) is 5. The molecule has 0 fully saturated rings. The van der Waals surface area contributed by atoms with E-state index in [0.29, 0.717) is 6.61 Å². The van der Waals surface area contributed by atoms with Crippen LogP contribution in [0.3, 0.4) is 0 Å². The minimum absolute atomic E-state index is 0.433. The van der Waals surface area contributed by atoms with E-state index in [9.17, 15) is 5.11 Å². The Bertz CT molecular complexity index is 276. The van der Waals surface area contributed by atoms with Gasteiger partial charge < -0.3 is 14.7 Å². The fourth-order valence-corrected chi connectivity index (χ4v) is 1.81. The summed E-state index contributed by atoms with van der Waals surface area (Å²) in [5.41, 5.74) is 0. The van der Waals surface area contributed by atoms with Gasteiger partial charge in [-0.3, -0.25) is 0 Å². The number of ether oxygens (including phenoxy) is 1. The van der Waals surface area contributed by atoms with Gasteiger partial charge in [-0.1, -0.05) is 11.3 Å². The number of likely N-dealkylation sites (N-methyl/N-ethyl adjacent to an activating group) is 1. The van der Waals surface area contributed by atoms with E-state index in [1.807, 2.05) is 11.9 Å². The Morgan fingerprint density at radius 2 is 2.43 bits per heavy atom. The third-order valence-electron chi connectivity index (χ3n) is 1.88. The Labute approximate surface area is 88.1 Å². The zero-order valence-corrected chi connectivity index (χ0v) is 9.54. The molecule has 1 aromatic rings. The number of hydrogen-bond donors (Lipinski definition) is 1. The molecule has 1 unspecified atom stereocenters. The summed E-state index contributed by atoms with van der Waals surface area (Å²) in [5, 5.41) is 10.2. The van der Waals surface area contributed by atoms with Gasteiger partial charge in [0, 0.05) is 26.9 Å². The summed E-state index contributed by atoms with van der Waals surface area (Å²) in [6.45, 7) is 3.23. The lowest BCUT2D eigenvalue weighted by molar-refractivity contribution is 0.203. The van der Waals surface area contributed by atoms with E-state index in [1.165, 1.54) is 11.3 Å². The topological polar surface area (TPSA) is 45.6 Å². The van der Waals surface area contributed by atoms with Crippen LogP contribution in [-0.4, -0.2) is 37.4 Å². The van der Waals surface area contributed by atoms with Crippen LogP contribution in [0, 0.1) is 0 Å². The predicted octanol–water partition coefficient (Wildman–Crippen LogP) is 1.28. The van der Waals surface area contributed by atoms with Crippen molar-refractivity contribution < 1.29 is 9.84 Å². The molecule has 1 heterocycles. The second-order valence-corrected chi connectivity index (χ2v) is 4.18. The third kappa shape index (κ3) is 2.94. The second kappa shape index (κ2) is 5.29. The predicted molar refractivity (Wildman–Crippen MR) is 57.9 cm³/mol. The molecule has 5 heteroatoms. The number of methoxy groups -OCH3 is 1. The average molecular weight is 216 g/mol. The highest BCUT2D eigenvalue weighted by atomic mass is 32.1. The molecule has 1 aromatic heterocycles. The largest absolute Gasteiger partial charge is 0.388 e. The van der Waals surface area contributed by atoms with Crippen molar-refractivity contribution in [3.63, 3.8) is 0 Å². The number of aliphatic hydroxyl groups is 1. The molecule has 0 radical (unpaired) electrons. The Morgan fingerprint density at radius 3 is 2.93 bits per heavy atom. The molecule has 1 rings (SSSR count). The number of thiazole rings is 1. The molecule has 0 saturated heterocycles. The number of nitrogens with zero attached hydrogens (tertiary/aromatic N) is 2. The van der Waals surface area contributed by atoms with E-state index < -0.39 is 6.10 Å². The minimum Gasteiger partial charge on any atom is -0.388 e. The van der Waals surface area contributed by atoms with Gasteiger partial charge in [-0.25, -0.2) is 4.98 Å². The van der Waals surface area contributed by atoms with Crippen molar-refractivity contribution in [2.24, 2.45) is 0 Å². The molecule has 0 bridgehead atoms. The lowest BCUT2D eigenvalue weighted by atomic mass is 10.4. The summed E-state index contributed by atoms with van der Waals surface area (Å²) in [4.78, 5) is 7.13. The van der Waals surface area contributed by atoms with E-state index in [0.717, 1.165) is 16.6 Å². The van der Waals surface area contributed by atoms with E-state index in [-0.39, 0.29) is 0 Å². The van der Waals surface area contributed by atoms with Crippen molar-refractivity contribution in [1.29, 1.82) is 0 Å². The van der Waals surface area contributed by atoms with Gasteiger partial charge in [0.2, 0.25) is 0 Å². The van der Waals surface area contributed by atoms with Crippen LogP contribution in [0.1, 0.15) is 17.9 Å². The molecule has 0 aliphatic heterocycles. The van der Waals surface area contributed by atoms with Gasteiger partial charge in [0.15, 0.2) is 5.13 Å². The van der Waals surface area contributed by atoms with Crippen LogP contribution in [0.2, 0.25) is 0 Å². The Kier molecular flexibility index (Phi) is 4.31. The molecule has 0 aromatic carbocycles. The van der Waals surface area contributed by atoms with Crippen LogP contribution in [0.15, 0.2) is 6.20 Å². The molecular weight excluding hydrogens is 200 g/mol. The zero-order valence-electron chi connectivity index (χ0n) is 8.73. The minimum atomic E-state index is -0.433. The van der Waals surface area contributed by atoms with Crippen LogP contribution in [0.5, 0.6) is 0 Å². The van der Waals surface area contributed by atoms with E-state index in [2.05, 4.69) is 4.98 Å². The maximum absolute atomic E-state index is 9.32. The van der Waals surface area contributed by atoms with E-state index in [1.54, 1.807) is 20.2 Å². The molecular formula is C9H16N2O2S. The van der Waals surface area contributed by atoms with Crippen LogP contribution in [-0.2, 0) is 4.74 Å². The van der Waals surface area contributed by atoms with Crippen molar-refractivity contribution in [1.82, 2.24) is 4.98 Å². The lowest BCUT2D eigenvalue weighted by Gasteiger charge is -2.14. The maximum Gasteiger partial charge on any atom is 0.185 e. The molecule has 14 heavy (non-hydrogen) atoms. The molecule has 0 aliphatic carbocycles. The first kappa shape index (κ1) is 11.4. The number of aromatic nitrogens is 1. The summed E-state index contributed by atoms with van der Waals surface area (Å²) in [5.74, 6) is 0. The fraction of sp³-hybridized carbons (Fsp3) is 0.667. The SMILES string of the molecule is COCCN(C)c1ncc(C(C)O)s1. The number of aliphatic hydroxyl groups excluding tert-OH is 1. The maximum atomic E-state index is 9.32. The summed E-state index contributed by atoms with van der Waals surface area (Å²) >= 11 is 1.51. The quantitative estimate of drug-likeness (QED) is 0.805. The van der Waals surface area contributed by atoms with Crippen molar-refractivity contribution in [2.45, 2.75) is 13.0 Å². The monoisotopic (exact) mass is 216 g/mol. The Balaban J connectivity index is 2.57. The molecule has 0 spiro atoms. The molecule has 1 atom stereocenters. The van der Waals surface area contributed by atoms with Gasteiger partial charge in [0.1, 0.15) is 0 Å². The van der Waals surface area contributed by atoms with Gasteiger partial charge in [-0.05, 0) is 6.92 Å². The Hall–Kier alpha value is -0.650. The first-order valence-electron chi connectivity index (χ1n) is 4.49. The Morgan fingerprint density at radius 1 is 1.71 bits per heavy atom. The summed E-state index contributed by atoms with van der Waals surface area (Å²) in [7, 11) is 3.64. The van der Waals surface area contributed by atoms with Crippen LogP contribution in [0.25, 0.3) is 0 Å². The fourth-order valence-electron chi connectivity index (χ4n) is 0.970. The van der Waals surface area contributed by atoms with Crippen molar-refractivity contribution in [2.75, 3.05) is 32.2 Å². The summed E-state index contributed by atoms with van der Waals surface area (Å²) in [6, 6.07) is 0. The molecule has 80 valence electrons. The highest BCUT2D eigenvalue weighted by molar-refractivity contribution is 7.15. The summed E-state index contributed by atoms with van der Waals surface area (Å²) in [6.07, 6.45) is 1.28. The standard InChI is InChI=1S/C9H16N2O2S/c1-7(12)8-6-10-9(14-8)11(2)4-5-13-3/h6-7,12H,4-5H2,1-3H3. The van der Waals surface area contributed by atoms with Crippen LogP contribution < -0.4 is 4.90 Å². The summed E-state index contributed by atoms with van der Waals surface area (Å²) < 4.78 is 4.97. The molecule has 0 aliphatic rings. The first-order valence-corrected chi connectivity index (χ1v) is 5.30. The highest BCUT2D eigenvalue weighted by Gasteiger charge is 2.09. The molecule has 1 N–H and O–H groups in total. The van der Waals surface area contributed by atoms with E-state index >= 15 is 0 Å². The van der Waals surface area contributed by atoms with Crippen LogP contribution >= 0.6 is 11.3 Å². The average Bonchev–Trinajstić information content (AvgIpc) is 2.62. The normalized spacial score (nSPS) is 12.9. The van der Waals surface area contributed by atoms with E-state index in [4.69, 9.17) is 4.74 Å². The van der Waals surface area contributed by atoms with Gasteiger partial charge in [0.05, 0.1) is 17.6 Å². The third-order valence-corrected chi connectivity index (χ3v) is 3.16. The van der Waals surface area contributed by atoms with Crippen molar-refractivity contribution in [3.8, 4) is 0 Å². The smallest absolute Gasteiger partial charge is 0.185 e. The molecule has 4 nitrogen and oxygen atoms in total. The molecule has 0 amide bonds. The molecule has 0 saturated carbocycles.